The lowest BCUT2D eigenvalue weighted by molar-refractivity contribution is 1.46. The predicted molar refractivity (Wildman–Crippen MR) is 64.4 cm³/mol. The van der Waals surface area contributed by atoms with Gasteiger partial charge in [0.2, 0.25) is 0 Å². The van der Waals surface area contributed by atoms with Gasteiger partial charge in [-0.2, -0.15) is 0 Å². The van der Waals surface area contributed by atoms with Crippen LogP contribution in [0.15, 0.2) is 41.8 Å². The van der Waals surface area contributed by atoms with Gasteiger partial charge in [0, 0.05) is 4.88 Å². The molecule has 14 heavy (non-hydrogen) atoms. The highest BCUT2D eigenvalue weighted by atomic mass is 32.1. The maximum atomic E-state index is 2.15. The minimum atomic E-state index is 1.25. The highest BCUT2D eigenvalue weighted by molar-refractivity contribution is 7.10. The molecule has 0 fully saturated rings. The van der Waals surface area contributed by atoms with Crippen molar-refractivity contribution in [2.45, 2.75) is 6.92 Å². The van der Waals surface area contributed by atoms with Crippen LogP contribution in [0, 0.1) is 6.92 Å². The quantitative estimate of drug-likeness (QED) is 0.680. The SMILES string of the molecule is Cc1ccc(/C=C/c2cccs2)cc1. The minimum Gasteiger partial charge on any atom is -0.144 e. The number of aryl methyl sites for hydroxylation is 1. The van der Waals surface area contributed by atoms with Crippen LogP contribution in [-0.4, -0.2) is 0 Å². The lowest BCUT2D eigenvalue weighted by atomic mass is 10.1. The first-order chi connectivity index (χ1) is 6.84. The van der Waals surface area contributed by atoms with Crippen molar-refractivity contribution >= 4 is 23.5 Å². The second-order valence-corrected chi connectivity index (χ2v) is 4.24. The van der Waals surface area contributed by atoms with Crippen molar-refractivity contribution in [1.82, 2.24) is 0 Å². The van der Waals surface area contributed by atoms with Gasteiger partial charge in [0.05, 0.1) is 0 Å². The van der Waals surface area contributed by atoms with Crippen LogP contribution < -0.4 is 0 Å². The topological polar surface area (TPSA) is 0 Å². The molecule has 0 aliphatic carbocycles. The Morgan fingerprint density at radius 1 is 1.00 bits per heavy atom. The zero-order valence-electron chi connectivity index (χ0n) is 8.10. The number of benzene rings is 1. The fourth-order valence-electron chi connectivity index (χ4n) is 1.24. The Morgan fingerprint density at radius 2 is 1.79 bits per heavy atom. The largest absolute Gasteiger partial charge is 0.144 e. The van der Waals surface area contributed by atoms with Crippen molar-refractivity contribution in [1.29, 1.82) is 0 Å². The number of rotatable bonds is 2. The van der Waals surface area contributed by atoms with E-state index in [1.807, 2.05) is 0 Å². The van der Waals surface area contributed by atoms with Crippen LogP contribution in [-0.2, 0) is 0 Å². The average molecular weight is 200 g/mol. The highest BCUT2D eigenvalue weighted by Crippen LogP contribution is 2.13. The summed E-state index contributed by atoms with van der Waals surface area (Å²) in [4.78, 5) is 1.30. The molecule has 0 amide bonds. The summed E-state index contributed by atoms with van der Waals surface area (Å²) in [5, 5.41) is 2.09. The fourth-order valence-corrected chi connectivity index (χ4v) is 1.86. The first-order valence-corrected chi connectivity index (χ1v) is 5.51. The first-order valence-electron chi connectivity index (χ1n) is 4.63. The van der Waals surface area contributed by atoms with E-state index in [0.717, 1.165) is 0 Å². The smallest absolute Gasteiger partial charge is 0.0270 e. The highest BCUT2D eigenvalue weighted by Gasteiger charge is 1.88. The Bertz CT molecular complexity index is 407. The van der Waals surface area contributed by atoms with E-state index in [9.17, 15) is 0 Å². The van der Waals surface area contributed by atoms with Crippen LogP contribution in [0.4, 0.5) is 0 Å². The molecule has 0 atom stereocenters. The third-order valence-corrected chi connectivity index (χ3v) is 2.90. The monoisotopic (exact) mass is 200 g/mol. The fraction of sp³-hybridized carbons (Fsp3) is 0.0769. The minimum absolute atomic E-state index is 1.25. The van der Waals surface area contributed by atoms with Crippen molar-refractivity contribution in [2.24, 2.45) is 0 Å². The Labute approximate surface area is 88.5 Å². The first kappa shape index (κ1) is 9.22. The molecule has 1 aromatic heterocycles. The Hall–Kier alpha value is -1.34. The summed E-state index contributed by atoms with van der Waals surface area (Å²) in [5.41, 5.74) is 2.56. The lowest BCUT2D eigenvalue weighted by Gasteiger charge is -1.93. The van der Waals surface area contributed by atoms with Crippen molar-refractivity contribution in [3.63, 3.8) is 0 Å². The van der Waals surface area contributed by atoms with Crippen molar-refractivity contribution in [3.05, 3.63) is 57.8 Å². The molecule has 0 unspecified atom stereocenters. The second-order valence-electron chi connectivity index (χ2n) is 3.26. The van der Waals surface area contributed by atoms with Gasteiger partial charge in [0.25, 0.3) is 0 Å². The summed E-state index contributed by atoms with van der Waals surface area (Å²) < 4.78 is 0. The zero-order chi connectivity index (χ0) is 9.80. The Balaban J connectivity index is 2.15. The molecule has 1 aromatic carbocycles. The Morgan fingerprint density at radius 3 is 2.43 bits per heavy atom. The number of hydrogen-bond donors (Lipinski definition) is 0. The van der Waals surface area contributed by atoms with E-state index in [1.165, 1.54) is 16.0 Å². The molecular formula is C13H12S. The molecule has 0 nitrogen and oxygen atoms in total. The summed E-state index contributed by atoms with van der Waals surface area (Å²) in [6.07, 6.45) is 4.29. The van der Waals surface area contributed by atoms with Gasteiger partial charge in [-0.3, -0.25) is 0 Å². The third-order valence-electron chi connectivity index (χ3n) is 2.06. The van der Waals surface area contributed by atoms with Gasteiger partial charge < -0.3 is 0 Å². The molecule has 0 aliphatic heterocycles. The van der Waals surface area contributed by atoms with E-state index in [1.54, 1.807) is 11.3 Å². The van der Waals surface area contributed by atoms with Crippen molar-refractivity contribution in [3.8, 4) is 0 Å². The predicted octanol–water partition coefficient (Wildman–Crippen LogP) is 4.23. The molecule has 0 saturated carbocycles. The van der Waals surface area contributed by atoms with Crippen molar-refractivity contribution in [2.75, 3.05) is 0 Å². The van der Waals surface area contributed by atoms with E-state index >= 15 is 0 Å². The van der Waals surface area contributed by atoms with Crippen LogP contribution >= 0.6 is 11.3 Å². The normalized spacial score (nSPS) is 10.9. The number of hydrogen-bond acceptors (Lipinski definition) is 1. The maximum Gasteiger partial charge on any atom is 0.0270 e. The maximum absolute atomic E-state index is 2.15. The molecule has 0 radical (unpaired) electrons. The van der Waals surface area contributed by atoms with Gasteiger partial charge >= 0.3 is 0 Å². The lowest BCUT2D eigenvalue weighted by Crippen LogP contribution is -1.72. The second kappa shape index (κ2) is 4.25. The van der Waals surface area contributed by atoms with Gasteiger partial charge in [-0.05, 0) is 30.0 Å². The molecule has 2 rings (SSSR count). The van der Waals surface area contributed by atoms with Gasteiger partial charge in [0.15, 0.2) is 0 Å². The van der Waals surface area contributed by atoms with Gasteiger partial charge in [-0.25, -0.2) is 0 Å². The van der Waals surface area contributed by atoms with E-state index in [2.05, 4.69) is 60.9 Å². The molecule has 0 N–H and O–H groups in total. The summed E-state index contributed by atoms with van der Waals surface area (Å²) in [6, 6.07) is 12.7. The molecule has 70 valence electrons. The van der Waals surface area contributed by atoms with Crippen molar-refractivity contribution < 1.29 is 0 Å². The third kappa shape index (κ3) is 2.33. The zero-order valence-corrected chi connectivity index (χ0v) is 8.92. The molecule has 0 spiro atoms. The summed E-state index contributed by atoms with van der Waals surface area (Å²) >= 11 is 1.76. The van der Waals surface area contributed by atoms with Crippen LogP contribution in [0.2, 0.25) is 0 Å². The molecular weight excluding hydrogens is 188 g/mol. The Kier molecular flexibility index (Phi) is 2.80. The molecule has 2 aromatic rings. The van der Waals surface area contributed by atoms with Crippen LogP contribution in [0.1, 0.15) is 16.0 Å². The molecule has 0 saturated heterocycles. The van der Waals surface area contributed by atoms with Gasteiger partial charge in [-0.1, -0.05) is 42.0 Å². The van der Waals surface area contributed by atoms with E-state index in [4.69, 9.17) is 0 Å². The number of thiophene rings is 1. The molecule has 0 bridgehead atoms. The molecule has 1 heteroatoms. The van der Waals surface area contributed by atoms with Crippen LogP contribution in [0.25, 0.3) is 12.2 Å². The van der Waals surface area contributed by atoms with Gasteiger partial charge in [-0.15, -0.1) is 11.3 Å². The van der Waals surface area contributed by atoms with E-state index in [-0.39, 0.29) is 0 Å². The van der Waals surface area contributed by atoms with Crippen LogP contribution in [0.5, 0.6) is 0 Å². The van der Waals surface area contributed by atoms with E-state index < -0.39 is 0 Å². The standard InChI is InChI=1S/C13H12S/c1-11-4-6-12(7-5-11)8-9-13-3-2-10-14-13/h2-10H,1H3/b9-8+. The summed E-state index contributed by atoms with van der Waals surface area (Å²) in [6.45, 7) is 2.10. The van der Waals surface area contributed by atoms with Gasteiger partial charge in [0.1, 0.15) is 0 Å². The summed E-state index contributed by atoms with van der Waals surface area (Å²) in [7, 11) is 0. The van der Waals surface area contributed by atoms with E-state index in [0.29, 0.717) is 0 Å². The molecule has 0 aliphatic rings. The molecule has 1 heterocycles. The average Bonchev–Trinajstić information content (AvgIpc) is 2.70. The summed E-state index contributed by atoms with van der Waals surface area (Å²) in [5.74, 6) is 0. The van der Waals surface area contributed by atoms with Crippen LogP contribution in [0.3, 0.4) is 0 Å².